The molecule has 0 saturated carbocycles. The number of methoxy groups -OCH3 is 2. The average Bonchev–Trinajstić information content (AvgIpc) is 3.07. The maximum absolute atomic E-state index is 12.5. The highest BCUT2D eigenvalue weighted by atomic mass is 35.5. The summed E-state index contributed by atoms with van der Waals surface area (Å²) >= 11 is 0. The summed E-state index contributed by atoms with van der Waals surface area (Å²) in [5.74, 6) is 0.485. The predicted octanol–water partition coefficient (Wildman–Crippen LogP) is 1.50. The van der Waals surface area contributed by atoms with E-state index in [0.717, 1.165) is 19.4 Å². The molecule has 9 heteroatoms. The molecule has 26 heavy (non-hydrogen) atoms. The van der Waals surface area contributed by atoms with Crippen LogP contribution in [0.4, 0.5) is 0 Å². The number of amides is 1. The van der Waals surface area contributed by atoms with Crippen LogP contribution in [0.25, 0.3) is 0 Å². The Hall–Kier alpha value is -1.51. The van der Waals surface area contributed by atoms with Crippen LogP contribution >= 0.6 is 12.4 Å². The van der Waals surface area contributed by atoms with Gasteiger partial charge >= 0.3 is 0 Å². The van der Waals surface area contributed by atoms with Gasteiger partial charge in [0.05, 0.1) is 24.9 Å². The van der Waals surface area contributed by atoms with Crippen LogP contribution in [0.2, 0.25) is 0 Å². The highest BCUT2D eigenvalue weighted by Crippen LogP contribution is 2.30. The largest absolute Gasteiger partial charge is 0.493 e. The first-order valence-electron chi connectivity index (χ1n) is 8.31. The van der Waals surface area contributed by atoms with Crippen LogP contribution in [0.3, 0.4) is 0 Å². The van der Waals surface area contributed by atoms with Gasteiger partial charge in [0.15, 0.2) is 21.3 Å². The highest BCUT2D eigenvalue weighted by Gasteiger charge is 2.29. The van der Waals surface area contributed by atoms with E-state index in [2.05, 4.69) is 5.32 Å². The Labute approximate surface area is 161 Å². The van der Waals surface area contributed by atoms with Crippen molar-refractivity contribution < 1.29 is 22.7 Å². The molecule has 7 nitrogen and oxygen atoms in total. The number of hydrogen-bond donors (Lipinski definition) is 1. The minimum absolute atomic E-state index is 0. The number of hydrogen-bond acceptors (Lipinski definition) is 6. The molecule has 1 saturated heterocycles. The molecule has 1 N–H and O–H groups in total. The van der Waals surface area contributed by atoms with E-state index in [9.17, 15) is 13.2 Å². The molecule has 0 bridgehead atoms. The lowest BCUT2D eigenvalue weighted by atomic mass is 10.2. The van der Waals surface area contributed by atoms with Gasteiger partial charge in [0.1, 0.15) is 0 Å². The number of carbonyl (C=O) groups excluding carboxylic acids is 1. The molecule has 0 spiro atoms. The maximum atomic E-state index is 12.5. The predicted molar refractivity (Wildman–Crippen MR) is 102 cm³/mol. The van der Waals surface area contributed by atoms with Gasteiger partial charge in [-0.1, -0.05) is 0 Å². The van der Waals surface area contributed by atoms with Crippen LogP contribution in [0.5, 0.6) is 11.5 Å². The SMILES string of the molecule is CNCC1CCCN1C(=O)CCS(=O)(=O)c1ccc(OC)c(OC)c1.Cl. The lowest BCUT2D eigenvalue weighted by molar-refractivity contribution is -0.131. The van der Waals surface area contributed by atoms with Crippen LogP contribution in [-0.4, -0.2) is 65.4 Å². The van der Waals surface area contributed by atoms with E-state index < -0.39 is 9.84 Å². The number of likely N-dealkylation sites (tertiary alicyclic amines) is 1. The van der Waals surface area contributed by atoms with Crippen molar-refractivity contribution in [2.24, 2.45) is 0 Å². The number of carbonyl (C=O) groups is 1. The van der Waals surface area contributed by atoms with Crippen molar-refractivity contribution in [3.05, 3.63) is 18.2 Å². The van der Waals surface area contributed by atoms with E-state index in [1.54, 1.807) is 11.0 Å². The zero-order chi connectivity index (χ0) is 18.4. The molecule has 1 fully saturated rings. The van der Waals surface area contributed by atoms with Gasteiger partial charge in [0.25, 0.3) is 0 Å². The number of sulfone groups is 1. The standard InChI is InChI=1S/C17H26N2O5S.ClH/c1-18-12-13-5-4-9-19(13)17(20)8-10-25(21,22)14-6-7-15(23-2)16(11-14)24-3;/h6-7,11,13,18H,4-5,8-10,12H2,1-3H3;1H. The van der Waals surface area contributed by atoms with Crippen molar-refractivity contribution in [3.63, 3.8) is 0 Å². The van der Waals surface area contributed by atoms with Crippen molar-refractivity contribution in [1.29, 1.82) is 0 Å². The molecule has 1 aliphatic rings. The zero-order valence-electron chi connectivity index (χ0n) is 15.4. The highest BCUT2D eigenvalue weighted by molar-refractivity contribution is 7.91. The molecule has 1 aromatic carbocycles. The molecule has 1 aromatic rings. The number of likely N-dealkylation sites (N-methyl/N-ethyl adjacent to an activating group) is 1. The van der Waals surface area contributed by atoms with E-state index in [1.807, 2.05) is 7.05 Å². The van der Waals surface area contributed by atoms with Crippen molar-refractivity contribution in [2.45, 2.75) is 30.2 Å². The topological polar surface area (TPSA) is 84.9 Å². The molecule has 2 rings (SSSR count). The first-order valence-corrected chi connectivity index (χ1v) is 9.97. The second-order valence-electron chi connectivity index (χ2n) is 6.03. The zero-order valence-corrected chi connectivity index (χ0v) is 17.0. The van der Waals surface area contributed by atoms with Crippen molar-refractivity contribution in [1.82, 2.24) is 10.2 Å². The summed E-state index contributed by atoms with van der Waals surface area (Å²) in [6.07, 6.45) is 1.90. The Morgan fingerprint density at radius 1 is 1.27 bits per heavy atom. The van der Waals surface area contributed by atoms with Crippen LogP contribution in [0.1, 0.15) is 19.3 Å². The molecule has 0 radical (unpaired) electrons. The third-order valence-corrected chi connectivity index (χ3v) is 6.15. The first-order chi connectivity index (χ1) is 11.9. The second kappa shape index (κ2) is 9.99. The lowest BCUT2D eigenvalue weighted by Gasteiger charge is -2.24. The van der Waals surface area contributed by atoms with Crippen LogP contribution in [-0.2, 0) is 14.6 Å². The van der Waals surface area contributed by atoms with Crippen LogP contribution in [0, 0.1) is 0 Å². The second-order valence-corrected chi connectivity index (χ2v) is 8.14. The molecular formula is C17H27ClN2O5S. The summed E-state index contributed by atoms with van der Waals surface area (Å²) in [5, 5.41) is 3.08. The van der Waals surface area contributed by atoms with Gasteiger partial charge in [0, 0.05) is 31.6 Å². The Kier molecular flexibility index (Phi) is 8.66. The van der Waals surface area contributed by atoms with Crippen LogP contribution < -0.4 is 14.8 Å². The third kappa shape index (κ3) is 5.25. The van der Waals surface area contributed by atoms with E-state index in [1.165, 1.54) is 26.4 Å². The number of nitrogens with zero attached hydrogens (tertiary/aromatic N) is 1. The van der Waals surface area contributed by atoms with Crippen molar-refractivity contribution in [2.75, 3.05) is 40.1 Å². The fourth-order valence-electron chi connectivity index (χ4n) is 3.11. The molecule has 1 heterocycles. The van der Waals surface area contributed by atoms with Gasteiger partial charge in [-0.2, -0.15) is 0 Å². The Morgan fingerprint density at radius 3 is 2.58 bits per heavy atom. The number of ether oxygens (including phenoxy) is 2. The smallest absolute Gasteiger partial charge is 0.223 e. The fraction of sp³-hybridized carbons (Fsp3) is 0.588. The molecular weight excluding hydrogens is 380 g/mol. The minimum Gasteiger partial charge on any atom is -0.493 e. The minimum atomic E-state index is -3.57. The average molecular weight is 407 g/mol. The monoisotopic (exact) mass is 406 g/mol. The van der Waals surface area contributed by atoms with Crippen LogP contribution in [0.15, 0.2) is 23.1 Å². The molecule has 1 unspecified atom stereocenters. The Bertz CT molecular complexity index is 711. The quantitative estimate of drug-likeness (QED) is 0.704. The number of rotatable bonds is 8. The first kappa shape index (κ1) is 22.5. The summed E-state index contributed by atoms with van der Waals surface area (Å²) < 4.78 is 35.4. The fourth-order valence-corrected chi connectivity index (χ4v) is 4.35. The van der Waals surface area contributed by atoms with E-state index in [-0.39, 0.29) is 41.4 Å². The van der Waals surface area contributed by atoms with Gasteiger partial charge in [-0.3, -0.25) is 4.79 Å². The number of benzene rings is 1. The number of halogens is 1. The van der Waals surface area contributed by atoms with Gasteiger partial charge < -0.3 is 19.7 Å². The molecule has 1 atom stereocenters. The molecule has 0 aliphatic carbocycles. The molecule has 1 amide bonds. The molecule has 148 valence electrons. The lowest BCUT2D eigenvalue weighted by Crippen LogP contribution is -2.41. The summed E-state index contributed by atoms with van der Waals surface area (Å²) in [5.41, 5.74) is 0. The molecule has 0 aromatic heterocycles. The molecule has 1 aliphatic heterocycles. The van der Waals surface area contributed by atoms with Gasteiger partial charge in [-0.25, -0.2) is 8.42 Å². The Morgan fingerprint density at radius 2 is 1.96 bits per heavy atom. The summed E-state index contributed by atoms with van der Waals surface area (Å²) in [4.78, 5) is 14.3. The number of nitrogens with one attached hydrogen (secondary N) is 1. The normalized spacial score (nSPS) is 16.9. The van der Waals surface area contributed by atoms with E-state index in [0.29, 0.717) is 18.0 Å². The Balaban J connectivity index is 0.00000338. The summed E-state index contributed by atoms with van der Waals surface area (Å²) in [7, 11) is 1.22. The third-order valence-electron chi connectivity index (χ3n) is 4.44. The summed E-state index contributed by atoms with van der Waals surface area (Å²) in [6.45, 7) is 1.43. The van der Waals surface area contributed by atoms with Gasteiger partial charge in [-0.15, -0.1) is 12.4 Å². The van der Waals surface area contributed by atoms with Gasteiger partial charge in [0.2, 0.25) is 5.91 Å². The summed E-state index contributed by atoms with van der Waals surface area (Å²) in [6, 6.07) is 4.61. The maximum Gasteiger partial charge on any atom is 0.223 e. The van der Waals surface area contributed by atoms with Gasteiger partial charge in [-0.05, 0) is 32.0 Å². The van der Waals surface area contributed by atoms with Crippen molar-refractivity contribution >= 4 is 28.2 Å². The van der Waals surface area contributed by atoms with E-state index in [4.69, 9.17) is 9.47 Å². The van der Waals surface area contributed by atoms with Crippen molar-refractivity contribution in [3.8, 4) is 11.5 Å². The van der Waals surface area contributed by atoms with E-state index >= 15 is 0 Å².